The summed E-state index contributed by atoms with van der Waals surface area (Å²) in [6.07, 6.45) is -2.50. The van der Waals surface area contributed by atoms with Crippen LogP contribution >= 0.6 is 0 Å². The summed E-state index contributed by atoms with van der Waals surface area (Å²) in [5, 5.41) is 0. The highest BCUT2D eigenvalue weighted by atomic mass is 19.4. The summed E-state index contributed by atoms with van der Waals surface area (Å²) in [5.74, 6) is 0.314. The summed E-state index contributed by atoms with van der Waals surface area (Å²) < 4.78 is 79.1. The van der Waals surface area contributed by atoms with Gasteiger partial charge in [-0.1, -0.05) is 74.7 Å². The molecular weight excluding hydrogens is 541 g/mol. The smallest absolute Gasteiger partial charge is 0.495 e. The number of alkyl halides is 5. The number of ether oxygens (including phenoxy) is 3. The van der Waals surface area contributed by atoms with E-state index in [4.69, 9.17) is 15.2 Å². The number of benzene rings is 3. The molecule has 0 heterocycles. The van der Waals surface area contributed by atoms with Crippen LogP contribution in [-0.2, 0) is 5.41 Å². The number of allylic oxidation sites excluding steroid dienone is 4. The fourth-order valence-corrected chi connectivity index (χ4v) is 4.32. The first kappa shape index (κ1) is 32.9. The van der Waals surface area contributed by atoms with Crippen LogP contribution in [0.4, 0.5) is 27.6 Å². The van der Waals surface area contributed by atoms with Crippen molar-refractivity contribution in [1.29, 1.82) is 0 Å². The standard InChI is InChI=1S/C25H25F5O2.C7H9NO/c1-5-10-18(6-2)17-24(7-3,19-11-8-13-21(15-19)31-23(4,26)27)20-12-9-14-22(16-20)32-25(28,29)30;1-9-7-5-3-2-4-6(7)8/h5-6,8-16H,1-2,7,17H2,3-4H3;2-5H,8H2,1H3/b18-10+;. The Morgan fingerprint density at radius 3 is 1.83 bits per heavy atom. The van der Waals surface area contributed by atoms with Gasteiger partial charge in [0.15, 0.2) is 0 Å². The normalized spacial score (nSPS) is 13.2. The minimum absolute atomic E-state index is 0.0524. The van der Waals surface area contributed by atoms with Crippen LogP contribution in [0.25, 0.3) is 0 Å². The molecule has 220 valence electrons. The molecule has 1 atom stereocenters. The van der Waals surface area contributed by atoms with Gasteiger partial charge in [0.2, 0.25) is 0 Å². The molecule has 0 bridgehead atoms. The number of methoxy groups -OCH3 is 1. The van der Waals surface area contributed by atoms with Crippen molar-refractivity contribution in [3.05, 3.63) is 121 Å². The first-order valence-corrected chi connectivity index (χ1v) is 12.6. The Bertz CT molecular complexity index is 1270. The fraction of sp³-hybridized carbons (Fsp3) is 0.250. The van der Waals surface area contributed by atoms with Gasteiger partial charge >= 0.3 is 12.5 Å². The number of nitrogen functional groups attached to an aromatic ring is 1. The molecule has 0 saturated heterocycles. The Labute approximate surface area is 237 Å². The summed E-state index contributed by atoms with van der Waals surface area (Å²) in [5.41, 5.74) is 7.21. The second kappa shape index (κ2) is 14.4. The van der Waals surface area contributed by atoms with E-state index in [1.807, 2.05) is 25.1 Å². The number of halogens is 5. The van der Waals surface area contributed by atoms with Crippen molar-refractivity contribution in [3.63, 3.8) is 0 Å². The third-order valence-corrected chi connectivity index (χ3v) is 6.15. The molecule has 2 N–H and O–H groups in total. The molecule has 3 rings (SSSR count). The Hall–Kier alpha value is -4.27. The number of anilines is 1. The number of nitrogens with two attached hydrogens (primary N) is 1. The van der Waals surface area contributed by atoms with Crippen molar-refractivity contribution in [2.24, 2.45) is 0 Å². The molecule has 0 aromatic heterocycles. The van der Waals surface area contributed by atoms with E-state index in [9.17, 15) is 22.0 Å². The van der Waals surface area contributed by atoms with Gasteiger partial charge in [-0.2, -0.15) is 8.78 Å². The number of hydrogen-bond acceptors (Lipinski definition) is 4. The molecule has 0 aliphatic rings. The monoisotopic (exact) mass is 575 g/mol. The average Bonchev–Trinajstić information content (AvgIpc) is 2.90. The maximum Gasteiger partial charge on any atom is 0.573 e. The summed E-state index contributed by atoms with van der Waals surface area (Å²) in [4.78, 5) is 0. The van der Waals surface area contributed by atoms with Crippen LogP contribution in [-0.4, -0.2) is 19.6 Å². The van der Waals surface area contributed by atoms with Gasteiger partial charge in [0.05, 0.1) is 12.8 Å². The van der Waals surface area contributed by atoms with E-state index in [1.165, 1.54) is 30.3 Å². The molecule has 0 spiro atoms. The Balaban J connectivity index is 0.000000553. The SMILES string of the molecule is C=C/C=C(\C=C)CC(CC)(c1cccc(OC(C)(F)F)c1)c1cccc(OC(F)(F)F)c1.COc1ccccc1N. The average molecular weight is 576 g/mol. The molecule has 1 unspecified atom stereocenters. The molecule has 3 aromatic rings. The Kier molecular flexibility index (Phi) is 11.6. The lowest BCUT2D eigenvalue weighted by Crippen LogP contribution is -2.28. The van der Waals surface area contributed by atoms with E-state index in [1.54, 1.807) is 49.6 Å². The van der Waals surface area contributed by atoms with Crippen LogP contribution in [0.5, 0.6) is 17.2 Å². The first-order valence-electron chi connectivity index (χ1n) is 12.6. The largest absolute Gasteiger partial charge is 0.573 e. The zero-order chi connectivity index (χ0) is 30.7. The Morgan fingerprint density at radius 1 is 0.854 bits per heavy atom. The van der Waals surface area contributed by atoms with E-state index in [-0.39, 0.29) is 11.5 Å². The summed E-state index contributed by atoms with van der Waals surface area (Å²) >= 11 is 0. The molecule has 0 aliphatic heterocycles. The zero-order valence-electron chi connectivity index (χ0n) is 23.2. The van der Waals surface area contributed by atoms with Crippen LogP contribution in [0.1, 0.15) is 37.8 Å². The van der Waals surface area contributed by atoms with Crippen LogP contribution < -0.4 is 19.9 Å². The lowest BCUT2D eigenvalue weighted by atomic mass is 9.68. The van der Waals surface area contributed by atoms with Gasteiger partial charge in [0.25, 0.3) is 0 Å². The van der Waals surface area contributed by atoms with Gasteiger partial charge in [0, 0.05) is 12.3 Å². The predicted octanol–water partition coefficient (Wildman–Crippen LogP) is 9.24. The maximum atomic E-state index is 13.4. The summed E-state index contributed by atoms with van der Waals surface area (Å²) in [7, 11) is 1.60. The van der Waals surface area contributed by atoms with E-state index in [0.717, 1.165) is 11.3 Å². The van der Waals surface area contributed by atoms with Gasteiger partial charge in [-0.05, 0) is 65.9 Å². The van der Waals surface area contributed by atoms with Gasteiger partial charge in [0.1, 0.15) is 17.2 Å². The second-order valence-corrected chi connectivity index (χ2v) is 9.05. The van der Waals surface area contributed by atoms with Crippen molar-refractivity contribution in [2.45, 2.75) is 44.6 Å². The van der Waals surface area contributed by atoms with Crippen molar-refractivity contribution < 1.29 is 36.2 Å². The third-order valence-electron chi connectivity index (χ3n) is 6.15. The molecule has 41 heavy (non-hydrogen) atoms. The molecule has 4 nitrogen and oxygen atoms in total. The van der Waals surface area contributed by atoms with Gasteiger partial charge in [-0.3, -0.25) is 0 Å². The van der Waals surface area contributed by atoms with Crippen molar-refractivity contribution >= 4 is 5.69 Å². The lowest BCUT2D eigenvalue weighted by Gasteiger charge is -2.35. The zero-order valence-corrected chi connectivity index (χ0v) is 23.2. The van der Waals surface area contributed by atoms with Gasteiger partial charge < -0.3 is 19.9 Å². The van der Waals surface area contributed by atoms with Gasteiger partial charge in [-0.15, -0.1) is 13.2 Å². The van der Waals surface area contributed by atoms with Crippen LogP contribution in [0.15, 0.2) is 110 Å². The molecule has 9 heteroatoms. The van der Waals surface area contributed by atoms with Crippen LogP contribution in [0.2, 0.25) is 0 Å². The molecule has 3 aromatic carbocycles. The number of rotatable bonds is 11. The van der Waals surface area contributed by atoms with Crippen LogP contribution in [0, 0.1) is 0 Å². The van der Waals surface area contributed by atoms with E-state index in [2.05, 4.69) is 17.9 Å². The topological polar surface area (TPSA) is 53.7 Å². The third kappa shape index (κ3) is 10.0. The second-order valence-electron chi connectivity index (χ2n) is 9.05. The molecule has 0 fully saturated rings. The van der Waals surface area contributed by atoms with Crippen molar-refractivity contribution in [3.8, 4) is 17.2 Å². The Morgan fingerprint density at radius 2 is 1.41 bits per heavy atom. The summed E-state index contributed by atoms with van der Waals surface area (Å²) in [6.45, 7) is 9.99. The fourth-order valence-electron chi connectivity index (χ4n) is 4.32. The van der Waals surface area contributed by atoms with E-state index < -0.39 is 17.9 Å². The predicted molar refractivity (Wildman–Crippen MR) is 152 cm³/mol. The highest BCUT2D eigenvalue weighted by molar-refractivity contribution is 5.51. The van der Waals surface area contributed by atoms with Crippen LogP contribution in [0.3, 0.4) is 0 Å². The van der Waals surface area contributed by atoms with E-state index in [0.29, 0.717) is 36.6 Å². The highest BCUT2D eigenvalue weighted by Gasteiger charge is 2.36. The molecular formula is C32H34F5NO3. The summed E-state index contributed by atoms with van der Waals surface area (Å²) in [6, 6.07) is 19.2. The molecule has 0 amide bonds. The molecule has 0 aliphatic carbocycles. The first-order chi connectivity index (χ1) is 19.3. The quantitative estimate of drug-likeness (QED) is 0.141. The minimum Gasteiger partial charge on any atom is -0.495 e. The van der Waals surface area contributed by atoms with Crippen molar-refractivity contribution in [1.82, 2.24) is 0 Å². The van der Waals surface area contributed by atoms with Gasteiger partial charge in [-0.25, -0.2) is 0 Å². The lowest BCUT2D eigenvalue weighted by molar-refractivity contribution is -0.274. The number of hydrogen-bond donors (Lipinski definition) is 1. The molecule has 0 radical (unpaired) electrons. The molecule has 0 saturated carbocycles. The minimum atomic E-state index is -4.84. The van der Waals surface area contributed by atoms with Crippen molar-refractivity contribution in [2.75, 3.05) is 12.8 Å². The maximum absolute atomic E-state index is 13.4. The number of para-hydroxylation sites is 2. The van der Waals surface area contributed by atoms with E-state index >= 15 is 0 Å². The highest BCUT2D eigenvalue weighted by Crippen LogP contribution is 2.44.